The predicted octanol–water partition coefficient (Wildman–Crippen LogP) is 3.52. The Bertz CT molecular complexity index is 339. The van der Waals surface area contributed by atoms with Gasteiger partial charge in [-0.2, -0.15) is 13.2 Å². The molecule has 1 aromatic rings. The van der Waals surface area contributed by atoms with E-state index < -0.39 is 12.6 Å². The molecule has 0 aromatic carbocycles. The van der Waals surface area contributed by atoms with Gasteiger partial charge in [-0.15, -0.1) is 0 Å². The third kappa shape index (κ3) is 4.51. The van der Waals surface area contributed by atoms with Gasteiger partial charge in [-0.1, -0.05) is 0 Å². The normalized spacial score (nSPS) is 11.5. The van der Waals surface area contributed by atoms with Crippen molar-refractivity contribution in [2.24, 2.45) is 0 Å². The number of pyridine rings is 1. The summed E-state index contributed by atoms with van der Waals surface area (Å²) in [5.41, 5.74) is 0.947. The fourth-order valence-electron chi connectivity index (χ4n) is 0.986. The summed E-state index contributed by atoms with van der Waals surface area (Å²) in [5.74, 6) is 0.435. The molecule has 1 heterocycles. The van der Waals surface area contributed by atoms with E-state index in [9.17, 15) is 13.2 Å². The van der Waals surface area contributed by atoms with E-state index in [1.807, 2.05) is 6.92 Å². The van der Waals surface area contributed by atoms with Gasteiger partial charge in [-0.05, 0) is 34.5 Å². The number of aryl methyl sites for hydroxylation is 1. The van der Waals surface area contributed by atoms with Gasteiger partial charge in [0.05, 0.1) is 10.9 Å². The number of hydrogen-bond acceptors (Lipinski definition) is 2. The summed E-state index contributed by atoms with van der Waals surface area (Å²) in [5, 5.41) is 2.62. The SMILES string of the molecule is Cc1cnc(NCCC(F)(F)F)c(Br)c1. The van der Waals surface area contributed by atoms with Crippen molar-refractivity contribution in [1.82, 2.24) is 4.98 Å². The summed E-state index contributed by atoms with van der Waals surface area (Å²) in [6, 6.07) is 1.79. The van der Waals surface area contributed by atoms with E-state index in [4.69, 9.17) is 0 Å². The second-order valence-corrected chi connectivity index (χ2v) is 3.99. The maximum atomic E-state index is 11.9. The molecule has 6 heteroatoms. The summed E-state index contributed by atoms with van der Waals surface area (Å²) in [6.07, 6.45) is -3.40. The number of nitrogens with one attached hydrogen (secondary N) is 1. The zero-order chi connectivity index (χ0) is 11.5. The van der Waals surface area contributed by atoms with Gasteiger partial charge in [0.15, 0.2) is 0 Å². The molecule has 1 N–H and O–H groups in total. The van der Waals surface area contributed by atoms with E-state index in [-0.39, 0.29) is 6.54 Å². The molecular weight excluding hydrogens is 273 g/mol. The average molecular weight is 283 g/mol. The van der Waals surface area contributed by atoms with Crippen LogP contribution in [0.3, 0.4) is 0 Å². The van der Waals surface area contributed by atoms with Gasteiger partial charge in [0.25, 0.3) is 0 Å². The number of rotatable bonds is 3. The molecule has 0 aliphatic heterocycles. The fourth-order valence-corrected chi connectivity index (χ4v) is 1.59. The zero-order valence-corrected chi connectivity index (χ0v) is 9.61. The third-order valence-electron chi connectivity index (χ3n) is 1.68. The predicted molar refractivity (Wildman–Crippen MR) is 55.8 cm³/mol. The minimum Gasteiger partial charge on any atom is -0.369 e. The van der Waals surface area contributed by atoms with Crippen LogP contribution in [0.1, 0.15) is 12.0 Å². The van der Waals surface area contributed by atoms with Crippen molar-refractivity contribution in [3.63, 3.8) is 0 Å². The average Bonchev–Trinajstić information content (AvgIpc) is 2.07. The van der Waals surface area contributed by atoms with Crippen LogP contribution in [0, 0.1) is 6.92 Å². The Kier molecular flexibility index (Phi) is 3.96. The number of nitrogens with zero attached hydrogens (tertiary/aromatic N) is 1. The Morgan fingerprint density at radius 3 is 2.67 bits per heavy atom. The highest BCUT2D eigenvalue weighted by Crippen LogP contribution is 2.22. The molecule has 2 nitrogen and oxygen atoms in total. The second kappa shape index (κ2) is 4.83. The molecule has 15 heavy (non-hydrogen) atoms. The lowest BCUT2D eigenvalue weighted by molar-refractivity contribution is -0.131. The summed E-state index contributed by atoms with van der Waals surface area (Å²) >= 11 is 3.22. The number of halogens is 4. The van der Waals surface area contributed by atoms with Gasteiger partial charge in [0, 0.05) is 12.7 Å². The van der Waals surface area contributed by atoms with Crippen LogP contribution in [0.4, 0.5) is 19.0 Å². The van der Waals surface area contributed by atoms with Crippen molar-refractivity contribution in [1.29, 1.82) is 0 Å². The first-order valence-corrected chi connectivity index (χ1v) is 5.10. The van der Waals surface area contributed by atoms with Crippen molar-refractivity contribution in [2.45, 2.75) is 19.5 Å². The Balaban J connectivity index is 2.51. The molecule has 0 aliphatic rings. The molecule has 0 fully saturated rings. The van der Waals surface area contributed by atoms with Crippen LogP contribution < -0.4 is 5.32 Å². The van der Waals surface area contributed by atoms with Crippen molar-refractivity contribution in [2.75, 3.05) is 11.9 Å². The Hall–Kier alpha value is -0.780. The van der Waals surface area contributed by atoms with Crippen LogP contribution in [0.25, 0.3) is 0 Å². The summed E-state index contributed by atoms with van der Waals surface area (Å²) < 4.78 is 36.2. The highest BCUT2D eigenvalue weighted by Gasteiger charge is 2.26. The van der Waals surface area contributed by atoms with Crippen molar-refractivity contribution < 1.29 is 13.2 Å². The molecular formula is C9H10BrF3N2. The monoisotopic (exact) mass is 282 g/mol. The maximum Gasteiger partial charge on any atom is 0.390 e. The van der Waals surface area contributed by atoms with Crippen LogP contribution >= 0.6 is 15.9 Å². The van der Waals surface area contributed by atoms with E-state index >= 15 is 0 Å². The summed E-state index contributed by atoms with van der Waals surface area (Å²) in [6.45, 7) is 1.69. The summed E-state index contributed by atoms with van der Waals surface area (Å²) in [4.78, 5) is 3.97. The first kappa shape index (κ1) is 12.3. The largest absolute Gasteiger partial charge is 0.390 e. The van der Waals surface area contributed by atoms with Gasteiger partial charge in [0.2, 0.25) is 0 Å². The lowest BCUT2D eigenvalue weighted by Crippen LogP contribution is -2.15. The van der Waals surface area contributed by atoms with Crippen LogP contribution in [0.15, 0.2) is 16.7 Å². The molecule has 0 aliphatic carbocycles. The van der Waals surface area contributed by atoms with E-state index in [0.29, 0.717) is 10.3 Å². The topological polar surface area (TPSA) is 24.9 Å². The molecule has 1 aromatic heterocycles. The molecule has 0 atom stereocenters. The molecule has 0 radical (unpaired) electrons. The molecule has 0 saturated heterocycles. The van der Waals surface area contributed by atoms with Crippen LogP contribution in [-0.2, 0) is 0 Å². The van der Waals surface area contributed by atoms with Crippen LogP contribution in [0.5, 0.6) is 0 Å². The Morgan fingerprint density at radius 1 is 1.47 bits per heavy atom. The molecule has 1 rings (SSSR count). The molecule has 84 valence electrons. The number of aromatic nitrogens is 1. The van der Waals surface area contributed by atoms with Crippen molar-refractivity contribution in [3.8, 4) is 0 Å². The van der Waals surface area contributed by atoms with Gasteiger partial charge >= 0.3 is 6.18 Å². The molecule has 0 spiro atoms. The number of alkyl halides is 3. The third-order valence-corrected chi connectivity index (χ3v) is 2.28. The van der Waals surface area contributed by atoms with E-state index in [1.165, 1.54) is 0 Å². The Morgan fingerprint density at radius 2 is 2.13 bits per heavy atom. The standard InChI is InChI=1S/C9H10BrF3N2/c1-6-4-7(10)8(15-5-6)14-3-2-9(11,12)13/h4-5H,2-3H2,1H3,(H,14,15). The second-order valence-electron chi connectivity index (χ2n) is 3.14. The van der Waals surface area contributed by atoms with E-state index in [0.717, 1.165) is 5.56 Å². The first-order valence-electron chi connectivity index (χ1n) is 4.31. The van der Waals surface area contributed by atoms with Crippen molar-refractivity contribution >= 4 is 21.7 Å². The number of anilines is 1. The van der Waals surface area contributed by atoms with Crippen LogP contribution in [0.2, 0.25) is 0 Å². The zero-order valence-electron chi connectivity index (χ0n) is 8.03. The lowest BCUT2D eigenvalue weighted by Gasteiger charge is -2.09. The van der Waals surface area contributed by atoms with E-state index in [2.05, 4.69) is 26.2 Å². The maximum absolute atomic E-state index is 11.9. The fraction of sp³-hybridized carbons (Fsp3) is 0.444. The highest BCUT2D eigenvalue weighted by molar-refractivity contribution is 9.10. The van der Waals surface area contributed by atoms with Crippen LogP contribution in [-0.4, -0.2) is 17.7 Å². The molecule has 0 unspecified atom stereocenters. The van der Waals surface area contributed by atoms with E-state index in [1.54, 1.807) is 12.3 Å². The Labute approximate surface area is 94.0 Å². The van der Waals surface area contributed by atoms with Gasteiger partial charge in [-0.25, -0.2) is 4.98 Å². The van der Waals surface area contributed by atoms with Gasteiger partial charge in [-0.3, -0.25) is 0 Å². The lowest BCUT2D eigenvalue weighted by atomic mass is 10.3. The minimum absolute atomic E-state index is 0.168. The molecule has 0 saturated carbocycles. The minimum atomic E-state index is -4.13. The quantitative estimate of drug-likeness (QED) is 0.918. The molecule has 0 bridgehead atoms. The van der Waals surface area contributed by atoms with Gasteiger partial charge in [0.1, 0.15) is 5.82 Å². The number of hydrogen-bond donors (Lipinski definition) is 1. The summed E-state index contributed by atoms with van der Waals surface area (Å²) in [7, 11) is 0. The van der Waals surface area contributed by atoms with Gasteiger partial charge < -0.3 is 5.32 Å². The molecule has 0 amide bonds. The van der Waals surface area contributed by atoms with Crippen molar-refractivity contribution in [3.05, 3.63) is 22.3 Å². The highest BCUT2D eigenvalue weighted by atomic mass is 79.9. The smallest absolute Gasteiger partial charge is 0.369 e. The first-order chi connectivity index (χ1) is 6.88.